The molecule has 0 saturated heterocycles. The van der Waals surface area contributed by atoms with E-state index < -0.39 is 5.91 Å². The Morgan fingerprint density at radius 2 is 2.08 bits per heavy atom. The minimum atomic E-state index is -0.542. The summed E-state index contributed by atoms with van der Waals surface area (Å²) >= 11 is 1.28. The molecule has 2 amide bonds. The van der Waals surface area contributed by atoms with Crippen LogP contribution in [-0.2, 0) is 0 Å². The zero-order chi connectivity index (χ0) is 17.4. The van der Waals surface area contributed by atoms with E-state index >= 15 is 0 Å². The van der Waals surface area contributed by atoms with Crippen molar-refractivity contribution in [3.63, 3.8) is 0 Å². The molecule has 0 saturated carbocycles. The van der Waals surface area contributed by atoms with Crippen LogP contribution in [0.4, 0.5) is 5.13 Å². The predicted octanol–water partition coefficient (Wildman–Crippen LogP) is 3.24. The monoisotopic (exact) mass is 352 g/mol. The maximum atomic E-state index is 12.3. The van der Waals surface area contributed by atoms with Gasteiger partial charge in [-0.1, -0.05) is 18.2 Å². The number of nitrogens with two attached hydrogens (primary N) is 1. The van der Waals surface area contributed by atoms with Crippen LogP contribution < -0.4 is 11.1 Å². The first-order valence-electron chi connectivity index (χ1n) is 7.34. The fourth-order valence-corrected chi connectivity index (χ4v) is 3.12. The third-order valence-electron chi connectivity index (χ3n) is 3.62. The van der Waals surface area contributed by atoms with Gasteiger partial charge in [0, 0.05) is 22.5 Å². The largest absolute Gasteiger partial charge is 0.451 e. The highest BCUT2D eigenvalue weighted by molar-refractivity contribution is 7.14. The fraction of sp³-hybridized carbons (Fsp3) is 0. The third-order valence-corrected chi connectivity index (χ3v) is 4.38. The molecule has 0 aliphatic heterocycles. The lowest BCUT2D eigenvalue weighted by Gasteiger charge is -1.97. The fourth-order valence-electron chi connectivity index (χ4n) is 2.40. The number of benzene rings is 1. The molecule has 0 aliphatic rings. The van der Waals surface area contributed by atoms with Crippen molar-refractivity contribution < 1.29 is 14.0 Å². The van der Waals surface area contributed by atoms with Crippen molar-refractivity contribution >= 4 is 39.3 Å². The van der Waals surface area contributed by atoms with Crippen LogP contribution >= 0.6 is 11.3 Å². The molecule has 0 bridgehead atoms. The molecule has 7 nitrogen and oxygen atoms in total. The number of hydrogen-bond acceptors (Lipinski definition) is 5. The van der Waals surface area contributed by atoms with Crippen LogP contribution in [-0.4, -0.2) is 21.8 Å². The minimum Gasteiger partial charge on any atom is -0.451 e. The summed E-state index contributed by atoms with van der Waals surface area (Å²) in [5.74, 6) is -0.695. The Balaban J connectivity index is 1.53. The number of rotatable bonds is 4. The minimum absolute atomic E-state index is 0.218. The highest BCUT2D eigenvalue weighted by Gasteiger charge is 2.15. The third kappa shape index (κ3) is 2.90. The molecule has 0 spiro atoms. The van der Waals surface area contributed by atoms with Crippen molar-refractivity contribution in [3.05, 3.63) is 59.4 Å². The van der Waals surface area contributed by atoms with Crippen molar-refractivity contribution in [1.29, 1.82) is 0 Å². The molecule has 4 aromatic rings. The van der Waals surface area contributed by atoms with Crippen LogP contribution in [0, 0.1) is 0 Å². The van der Waals surface area contributed by atoms with Gasteiger partial charge < -0.3 is 15.1 Å². The van der Waals surface area contributed by atoms with E-state index in [9.17, 15) is 9.59 Å². The summed E-state index contributed by atoms with van der Waals surface area (Å²) in [6.07, 6.45) is 1.64. The van der Waals surface area contributed by atoms with E-state index in [1.807, 2.05) is 18.2 Å². The summed E-state index contributed by atoms with van der Waals surface area (Å²) in [6, 6.07) is 10.7. The van der Waals surface area contributed by atoms with E-state index in [2.05, 4.69) is 15.3 Å². The highest BCUT2D eigenvalue weighted by atomic mass is 32.1. The molecule has 1 aromatic carbocycles. The Morgan fingerprint density at radius 1 is 1.24 bits per heavy atom. The average Bonchev–Trinajstić information content (AvgIpc) is 3.32. The Bertz CT molecular complexity index is 1060. The van der Waals surface area contributed by atoms with Gasteiger partial charge in [-0.2, -0.15) is 0 Å². The van der Waals surface area contributed by atoms with E-state index in [0.717, 1.165) is 5.39 Å². The normalized spacial score (nSPS) is 10.9. The lowest BCUT2D eigenvalue weighted by molar-refractivity contribution is 0.0989. The van der Waals surface area contributed by atoms with Crippen LogP contribution in [0.5, 0.6) is 0 Å². The second-order valence-electron chi connectivity index (χ2n) is 5.31. The van der Waals surface area contributed by atoms with Crippen LogP contribution in [0.15, 0.2) is 52.4 Å². The number of H-pyrrole nitrogens is 1. The van der Waals surface area contributed by atoms with Gasteiger partial charge in [-0.3, -0.25) is 14.9 Å². The summed E-state index contributed by atoms with van der Waals surface area (Å²) in [6.45, 7) is 0. The Labute approximate surface area is 145 Å². The number of carbonyl (C=O) groups is 2. The Kier molecular flexibility index (Phi) is 3.58. The van der Waals surface area contributed by atoms with Crippen molar-refractivity contribution in [1.82, 2.24) is 9.97 Å². The number of amides is 2. The van der Waals surface area contributed by atoms with Crippen molar-refractivity contribution in [2.75, 3.05) is 5.32 Å². The summed E-state index contributed by atoms with van der Waals surface area (Å²) in [4.78, 5) is 30.6. The summed E-state index contributed by atoms with van der Waals surface area (Å²) < 4.78 is 5.53. The number of furan rings is 1. The van der Waals surface area contributed by atoms with Crippen LogP contribution in [0.25, 0.3) is 22.2 Å². The topological polar surface area (TPSA) is 114 Å². The number of nitrogens with one attached hydrogen (secondary N) is 2. The predicted molar refractivity (Wildman–Crippen MR) is 94.6 cm³/mol. The van der Waals surface area contributed by atoms with Gasteiger partial charge in [-0.15, -0.1) is 11.3 Å². The zero-order valence-electron chi connectivity index (χ0n) is 12.8. The zero-order valence-corrected chi connectivity index (χ0v) is 13.6. The number of thiazole rings is 1. The first kappa shape index (κ1) is 15.2. The van der Waals surface area contributed by atoms with Crippen LogP contribution in [0.3, 0.4) is 0 Å². The summed E-state index contributed by atoms with van der Waals surface area (Å²) in [5.41, 5.74) is 7.52. The second-order valence-corrected chi connectivity index (χ2v) is 6.16. The molecule has 3 heterocycles. The maximum Gasteiger partial charge on any atom is 0.293 e. The molecule has 8 heteroatoms. The molecule has 0 radical (unpaired) electrons. The second kappa shape index (κ2) is 5.91. The van der Waals surface area contributed by atoms with Gasteiger partial charge in [0.2, 0.25) is 0 Å². The maximum absolute atomic E-state index is 12.3. The summed E-state index contributed by atoms with van der Waals surface area (Å²) in [7, 11) is 0. The summed E-state index contributed by atoms with van der Waals surface area (Å²) in [5, 5.41) is 5.78. The Hall–Kier alpha value is -3.39. The lowest BCUT2D eigenvalue weighted by atomic mass is 10.2. The number of primary amides is 1. The number of hydrogen-bond donors (Lipinski definition) is 3. The first-order valence-corrected chi connectivity index (χ1v) is 8.22. The number of aromatic nitrogens is 2. The number of anilines is 1. The van der Waals surface area contributed by atoms with E-state index in [4.69, 9.17) is 10.2 Å². The molecule has 3 aromatic heterocycles. The molecule has 25 heavy (non-hydrogen) atoms. The quantitative estimate of drug-likeness (QED) is 0.523. The average molecular weight is 352 g/mol. The molecule has 4 N–H and O–H groups in total. The van der Waals surface area contributed by atoms with Gasteiger partial charge in [-0.05, 0) is 18.2 Å². The van der Waals surface area contributed by atoms with Gasteiger partial charge in [0.05, 0.1) is 5.69 Å². The molecular weight excluding hydrogens is 340 g/mol. The first-order chi connectivity index (χ1) is 12.1. The van der Waals surface area contributed by atoms with Gasteiger partial charge in [0.15, 0.2) is 10.9 Å². The standard InChI is InChI=1S/C17H12N4O3S/c18-15(22)11-5-10(7-19-11)12-8-25-17(20-12)21-16(23)14-6-9-3-1-2-4-13(9)24-14/h1-8,19H,(H2,18,22)(H,20,21,23). The molecular formula is C17H12N4O3S. The number of nitrogens with zero attached hydrogens (tertiary/aromatic N) is 1. The Morgan fingerprint density at radius 3 is 2.84 bits per heavy atom. The highest BCUT2D eigenvalue weighted by Crippen LogP contribution is 2.26. The van der Waals surface area contributed by atoms with E-state index in [-0.39, 0.29) is 11.7 Å². The van der Waals surface area contributed by atoms with Crippen LogP contribution in [0.2, 0.25) is 0 Å². The van der Waals surface area contributed by atoms with Crippen LogP contribution in [0.1, 0.15) is 21.0 Å². The number of aromatic amines is 1. The number of para-hydroxylation sites is 1. The van der Waals surface area contributed by atoms with Crippen molar-refractivity contribution in [2.24, 2.45) is 5.73 Å². The molecule has 0 unspecified atom stereocenters. The van der Waals surface area contributed by atoms with Gasteiger partial charge in [0.1, 0.15) is 11.3 Å². The lowest BCUT2D eigenvalue weighted by Crippen LogP contribution is -2.10. The van der Waals surface area contributed by atoms with Gasteiger partial charge in [0.25, 0.3) is 11.8 Å². The molecule has 4 rings (SSSR count). The van der Waals surface area contributed by atoms with E-state index in [0.29, 0.717) is 27.7 Å². The van der Waals surface area contributed by atoms with Crippen molar-refractivity contribution in [2.45, 2.75) is 0 Å². The van der Waals surface area contributed by atoms with Gasteiger partial charge in [-0.25, -0.2) is 4.98 Å². The van der Waals surface area contributed by atoms with E-state index in [1.165, 1.54) is 11.3 Å². The number of carbonyl (C=O) groups excluding carboxylic acids is 2. The van der Waals surface area contributed by atoms with Crippen molar-refractivity contribution in [3.8, 4) is 11.3 Å². The number of fused-ring (bicyclic) bond motifs is 1. The molecule has 124 valence electrons. The molecule has 0 atom stereocenters. The molecule has 0 fully saturated rings. The van der Waals surface area contributed by atoms with E-state index in [1.54, 1.807) is 29.8 Å². The molecule has 0 aliphatic carbocycles. The smallest absolute Gasteiger partial charge is 0.293 e. The van der Waals surface area contributed by atoms with Gasteiger partial charge >= 0.3 is 0 Å². The SMILES string of the molecule is NC(=O)c1cc(-c2csc(NC(=O)c3cc4ccccc4o3)n2)c[nH]1.